The van der Waals surface area contributed by atoms with E-state index in [-0.39, 0.29) is 18.7 Å². The molecule has 4 heterocycles. The van der Waals surface area contributed by atoms with E-state index in [1.807, 2.05) is 44.2 Å². The number of fused-ring (bicyclic) bond motifs is 1. The fourth-order valence-corrected chi connectivity index (χ4v) is 5.04. The number of hydrogen-bond donors (Lipinski definition) is 3. The van der Waals surface area contributed by atoms with Gasteiger partial charge in [-0.25, -0.2) is 24.7 Å². The molecule has 1 aromatic carbocycles. The molecule has 11 heteroatoms. The summed E-state index contributed by atoms with van der Waals surface area (Å²) in [6.45, 7) is 7.91. The molecule has 3 N–H and O–H groups in total. The zero-order valence-corrected chi connectivity index (χ0v) is 21.9. The predicted molar refractivity (Wildman–Crippen MR) is 145 cm³/mol. The number of ether oxygens (including phenoxy) is 1. The highest BCUT2D eigenvalue weighted by atomic mass is 16.5. The zero-order valence-electron chi connectivity index (χ0n) is 21.9. The van der Waals surface area contributed by atoms with Crippen molar-refractivity contribution >= 4 is 23.4 Å². The number of carbonyl (C=O) groups is 1. The summed E-state index contributed by atoms with van der Waals surface area (Å²) in [5.74, 6) is 3.07. The normalized spacial score (nSPS) is 17.2. The van der Waals surface area contributed by atoms with Crippen molar-refractivity contribution in [2.45, 2.75) is 32.7 Å². The molecular weight excluding hydrogens is 484 g/mol. The van der Waals surface area contributed by atoms with Gasteiger partial charge in [0.2, 0.25) is 0 Å². The number of amides is 2. The highest BCUT2D eigenvalue weighted by Gasteiger charge is 2.34. The van der Waals surface area contributed by atoms with Crippen molar-refractivity contribution in [3.8, 4) is 11.4 Å². The molecule has 0 unspecified atom stereocenters. The molecule has 200 valence electrons. The first-order chi connectivity index (χ1) is 18.6. The predicted octanol–water partition coefficient (Wildman–Crippen LogP) is 2.71. The standard InChI is InChI=1S/C27H34N8O3/c1-3-28-27(37)31-20-6-4-19(5-7-20)25-32-24-21(26(33-25)34-13-16-38-17-14-34)9-12-35(22(24)10-15-36)23-8-11-29-18(2)30-23/h4-8,11,22,36H,3,9-10,12-17H2,1-2H3,(H2,28,31,37)/t22-/m1/s1. The topological polar surface area (TPSA) is 129 Å². The van der Waals surface area contributed by atoms with Crippen molar-refractivity contribution < 1.29 is 14.6 Å². The Morgan fingerprint density at radius 3 is 2.61 bits per heavy atom. The first-order valence-corrected chi connectivity index (χ1v) is 13.1. The molecule has 11 nitrogen and oxygen atoms in total. The SMILES string of the molecule is CCNC(=O)Nc1ccc(-c2nc3c(c(N4CCOCC4)n2)CCN(c2ccnc(C)n2)[C@@H]3CCO)cc1. The Hall–Kier alpha value is -3.83. The Morgan fingerprint density at radius 1 is 1.11 bits per heavy atom. The molecule has 1 fully saturated rings. The molecule has 2 amide bonds. The molecule has 3 aromatic rings. The lowest BCUT2D eigenvalue weighted by Crippen LogP contribution is -2.41. The number of hydrogen-bond acceptors (Lipinski definition) is 9. The average Bonchev–Trinajstić information content (AvgIpc) is 2.94. The van der Waals surface area contributed by atoms with Gasteiger partial charge >= 0.3 is 6.03 Å². The van der Waals surface area contributed by atoms with Gasteiger partial charge in [0.15, 0.2) is 5.82 Å². The molecule has 0 spiro atoms. The van der Waals surface area contributed by atoms with Crippen LogP contribution in [0, 0.1) is 6.92 Å². The van der Waals surface area contributed by atoms with Gasteiger partial charge in [-0.15, -0.1) is 0 Å². The Balaban J connectivity index is 1.56. The summed E-state index contributed by atoms with van der Waals surface area (Å²) >= 11 is 0. The lowest BCUT2D eigenvalue weighted by atomic mass is 9.94. The lowest BCUT2D eigenvalue weighted by Gasteiger charge is -2.39. The fourth-order valence-electron chi connectivity index (χ4n) is 5.04. The van der Waals surface area contributed by atoms with Crippen LogP contribution in [0.15, 0.2) is 36.5 Å². The highest BCUT2D eigenvalue weighted by molar-refractivity contribution is 5.89. The lowest BCUT2D eigenvalue weighted by molar-refractivity contribution is 0.122. The fraction of sp³-hybridized carbons (Fsp3) is 0.444. The summed E-state index contributed by atoms with van der Waals surface area (Å²) < 4.78 is 5.61. The van der Waals surface area contributed by atoms with E-state index in [1.165, 1.54) is 0 Å². The van der Waals surface area contributed by atoms with E-state index >= 15 is 0 Å². The van der Waals surface area contributed by atoms with Crippen molar-refractivity contribution in [1.29, 1.82) is 0 Å². The number of aromatic nitrogens is 4. The average molecular weight is 519 g/mol. The minimum atomic E-state index is -0.244. The Labute approximate surface area is 222 Å². The molecule has 0 aliphatic carbocycles. The number of rotatable bonds is 7. The second-order valence-electron chi connectivity index (χ2n) is 9.33. The van der Waals surface area contributed by atoms with Gasteiger partial charge in [-0.2, -0.15) is 0 Å². The van der Waals surface area contributed by atoms with Crippen LogP contribution in [0.4, 0.5) is 22.1 Å². The van der Waals surface area contributed by atoms with E-state index in [0.717, 1.165) is 54.5 Å². The van der Waals surface area contributed by atoms with Crippen LogP contribution < -0.4 is 20.4 Å². The molecule has 0 bridgehead atoms. The third-order valence-corrected chi connectivity index (χ3v) is 6.82. The first-order valence-electron chi connectivity index (χ1n) is 13.1. The van der Waals surface area contributed by atoms with Crippen LogP contribution in [0.1, 0.15) is 36.5 Å². The second kappa shape index (κ2) is 11.7. The number of aliphatic hydroxyl groups excluding tert-OH is 1. The van der Waals surface area contributed by atoms with Crippen LogP contribution in [-0.4, -0.2) is 77.1 Å². The van der Waals surface area contributed by atoms with Crippen LogP contribution >= 0.6 is 0 Å². The van der Waals surface area contributed by atoms with Gasteiger partial charge in [-0.3, -0.25) is 0 Å². The van der Waals surface area contributed by atoms with Crippen LogP contribution in [0.3, 0.4) is 0 Å². The number of aliphatic hydroxyl groups is 1. The number of anilines is 3. The summed E-state index contributed by atoms with van der Waals surface area (Å²) in [5, 5.41) is 15.6. The van der Waals surface area contributed by atoms with Crippen molar-refractivity contribution in [3.63, 3.8) is 0 Å². The first kappa shape index (κ1) is 25.8. The van der Waals surface area contributed by atoms with Crippen molar-refractivity contribution in [2.75, 3.05) is 61.1 Å². The molecule has 5 rings (SSSR count). The molecule has 0 radical (unpaired) electrons. The monoisotopic (exact) mass is 518 g/mol. The quantitative estimate of drug-likeness (QED) is 0.432. The molecule has 0 saturated carbocycles. The minimum absolute atomic E-state index is 0.0249. The summed E-state index contributed by atoms with van der Waals surface area (Å²) in [5.41, 5.74) is 3.57. The largest absolute Gasteiger partial charge is 0.396 e. The number of benzene rings is 1. The maximum absolute atomic E-state index is 11.9. The third-order valence-electron chi connectivity index (χ3n) is 6.82. The zero-order chi connectivity index (χ0) is 26.5. The second-order valence-corrected chi connectivity index (χ2v) is 9.33. The number of carbonyl (C=O) groups excluding carboxylic acids is 1. The van der Waals surface area contributed by atoms with E-state index in [2.05, 4.69) is 30.4 Å². The number of aryl methyl sites for hydroxylation is 1. The van der Waals surface area contributed by atoms with E-state index in [9.17, 15) is 9.90 Å². The highest BCUT2D eigenvalue weighted by Crippen LogP contribution is 2.39. The minimum Gasteiger partial charge on any atom is -0.396 e. The van der Waals surface area contributed by atoms with E-state index < -0.39 is 0 Å². The summed E-state index contributed by atoms with van der Waals surface area (Å²) in [7, 11) is 0. The number of urea groups is 1. The van der Waals surface area contributed by atoms with Crippen molar-refractivity contribution in [1.82, 2.24) is 25.3 Å². The molecule has 38 heavy (non-hydrogen) atoms. The van der Waals surface area contributed by atoms with Crippen LogP contribution in [0.25, 0.3) is 11.4 Å². The van der Waals surface area contributed by atoms with Crippen molar-refractivity contribution in [2.24, 2.45) is 0 Å². The van der Waals surface area contributed by atoms with Gasteiger partial charge in [0, 0.05) is 55.8 Å². The smallest absolute Gasteiger partial charge is 0.319 e. The molecular formula is C27H34N8O3. The summed E-state index contributed by atoms with van der Waals surface area (Å²) in [6, 6.07) is 9.05. The summed E-state index contributed by atoms with van der Waals surface area (Å²) in [6.07, 6.45) is 3.05. The Kier molecular flexibility index (Phi) is 7.94. The van der Waals surface area contributed by atoms with Gasteiger partial charge in [-0.1, -0.05) is 0 Å². The van der Waals surface area contributed by atoms with E-state index in [0.29, 0.717) is 43.5 Å². The van der Waals surface area contributed by atoms with Crippen LogP contribution in [0.5, 0.6) is 0 Å². The third kappa shape index (κ3) is 5.53. The molecule has 2 aliphatic rings. The molecule has 1 saturated heterocycles. The van der Waals surface area contributed by atoms with Crippen molar-refractivity contribution in [3.05, 3.63) is 53.6 Å². The summed E-state index contributed by atoms with van der Waals surface area (Å²) in [4.78, 5) is 35.5. The van der Waals surface area contributed by atoms with Crippen LogP contribution in [0.2, 0.25) is 0 Å². The molecule has 1 atom stereocenters. The van der Waals surface area contributed by atoms with Gasteiger partial charge < -0.3 is 30.3 Å². The molecule has 2 aromatic heterocycles. The number of nitrogens with zero attached hydrogens (tertiary/aromatic N) is 6. The van der Waals surface area contributed by atoms with Gasteiger partial charge in [0.25, 0.3) is 0 Å². The maximum atomic E-state index is 11.9. The van der Waals surface area contributed by atoms with Gasteiger partial charge in [0.1, 0.15) is 17.5 Å². The number of morpholine rings is 1. The van der Waals surface area contributed by atoms with Gasteiger partial charge in [-0.05, 0) is 57.0 Å². The Bertz CT molecular complexity index is 1260. The van der Waals surface area contributed by atoms with E-state index in [4.69, 9.17) is 14.7 Å². The van der Waals surface area contributed by atoms with Crippen LogP contribution in [-0.2, 0) is 11.2 Å². The van der Waals surface area contributed by atoms with E-state index in [1.54, 1.807) is 6.20 Å². The Morgan fingerprint density at radius 2 is 1.89 bits per heavy atom. The number of nitrogens with one attached hydrogen (secondary N) is 2. The molecule has 2 aliphatic heterocycles. The maximum Gasteiger partial charge on any atom is 0.319 e. The van der Waals surface area contributed by atoms with Gasteiger partial charge in [0.05, 0.1) is 24.9 Å².